The number of rotatable bonds is 1. The van der Waals surface area contributed by atoms with Gasteiger partial charge in [0.25, 0.3) is 0 Å². The van der Waals surface area contributed by atoms with Crippen molar-refractivity contribution in [3.05, 3.63) is 0 Å². The third-order valence-electron chi connectivity index (χ3n) is 4.73. The number of hydrogen-bond acceptors (Lipinski definition) is 3. The second-order valence-electron chi connectivity index (χ2n) is 6.53. The Hall–Kier alpha value is -0.560. The van der Waals surface area contributed by atoms with Gasteiger partial charge in [-0.15, -0.1) is 0 Å². The van der Waals surface area contributed by atoms with Gasteiger partial charge >= 0.3 is 0 Å². The van der Waals surface area contributed by atoms with E-state index in [1.807, 2.05) is 0 Å². The molecule has 3 nitrogen and oxygen atoms in total. The Morgan fingerprint density at radius 3 is 2.18 bits per heavy atom. The van der Waals surface area contributed by atoms with Crippen LogP contribution in [-0.2, 0) is 9.84 Å². The first-order chi connectivity index (χ1) is 7.79. The van der Waals surface area contributed by atoms with Gasteiger partial charge in [-0.05, 0) is 43.4 Å². The van der Waals surface area contributed by atoms with E-state index < -0.39 is 9.84 Å². The minimum absolute atomic E-state index is 0.0774. The number of nitrogens with zero attached hydrogens (tertiary/aromatic N) is 1. The lowest BCUT2D eigenvalue weighted by Crippen LogP contribution is -2.36. The molecule has 1 aliphatic heterocycles. The van der Waals surface area contributed by atoms with Gasteiger partial charge in [0.1, 0.15) is 0 Å². The van der Waals surface area contributed by atoms with Crippen LogP contribution in [0.5, 0.6) is 0 Å². The highest BCUT2D eigenvalue weighted by atomic mass is 32.2. The van der Waals surface area contributed by atoms with Gasteiger partial charge in [-0.25, -0.2) is 8.42 Å². The molecular formula is C13H21NO2S. The van der Waals surface area contributed by atoms with E-state index in [2.05, 4.69) is 19.9 Å². The van der Waals surface area contributed by atoms with Gasteiger partial charge in [-0.1, -0.05) is 13.8 Å². The van der Waals surface area contributed by atoms with Crippen molar-refractivity contribution < 1.29 is 8.42 Å². The molecule has 2 rings (SSSR count). The fraction of sp³-hybridized carbons (Fsp3) is 0.923. The molecule has 0 bridgehead atoms. The molecule has 1 heterocycles. The topological polar surface area (TPSA) is 57.9 Å². The maximum atomic E-state index is 11.6. The lowest BCUT2D eigenvalue weighted by Gasteiger charge is -2.42. The molecule has 1 saturated heterocycles. The molecule has 0 aromatic heterocycles. The summed E-state index contributed by atoms with van der Waals surface area (Å²) in [5, 5.41) is 9.50. The lowest BCUT2D eigenvalue weighted by molar-refractivity contribution is 0.103. The quantitative estimate of drug-likeness (QED) is 0.723. The van der Waals surface area contributed by atoms with Gasteiger partial charge < -0.3 is 0 Å². The summed E-state index contributed by atoms with van der Waals surface area (Å²) in [6, 6.07) is 2.47. The molecule has 4 heteroatoms. The summed E-state index contributed by atoms with van der Waals surface area (Å²) >= 11 is 0. The van der Waals surface area contributed by atoms with Crippen LogP contribution in [-0.4, -0.2) is 19.9 Å². The van der Waals surface area contributed by atoms with E-state index in [9.17, 15) is 13.7 Å². The summed E-state index contributed by atoms with van der Waals surface area (Å²) in [5.41, 5.74) is -0.0447. The smallest absolute Gasteiger partial charge is 0.150 e. The third-order valence-corrected chi connectivity index (χ3v) is 6.50. The standard InChI is InChI=1S/C13H21NO2S/c1-12(2)4-6-13(10-14,7-5-12)11-3-8-17(15,16)9-11/h11H,3-9H2,1-2H3. The van der Waals surface area contributed by atoms with Crippen molar-refractivity contribution in [3.63, 3.8) is 0 Å². The Morgan fingerprint density at radius 1 is 1.18 bits per heavy atom. The van der Waals surface area contributed by atoms with Crippen molar-refractivity contribution in [2.75, 3.05) is 11.5 Å². The molecule has 0 aromatic rings. The van der Waals surface area contributed by atoms with Gasteiger partial charge in [0.15, 0.2) is 9.84 Å². The van der Waals surface area contributed by atoms with Gasteiger partial charge in [0.2, 0.25) is 0 Å². The van der Waals surface area contributed by atoms with Crippen molar-refractivity contribution in [3.8, 4) is 6.07 Å². The van der Waals surface area contributed by atoms with E-state index in [-0.39, 0.29) is 22.8 Å². The summed E-state index contributed by atoms with van der Waals surface area (Å²) in [6.45, 7) is 4.47. The van der Waals surface area contributed by atoms with Gasteiger partial charge in [0, 0.05) is 0 Å². The monoisotopic (exact) mass is 255 g/mol. The predicted molar refractivity (Wildman–Crippen MR) is 67.1 cm³/mol. The molecule has 2 fully saturated rings. The molecule has 0 radical (unpaired) electrons. The molecular weight excluding hydrogens is 234 g/mol. The lowest BCUT2D eigenvalue weighted by atomic mass is 9.60. The van der Waals surface area contributed by atoms with Crippen LogP contribution in [0.15, 0.2) is 0 Å². The summed E-state index contributed by atoms with van der Waals surface area (Å²) < 4.78 is 23.1. The second kappa shape index (κ2) is 3.98. The van der Waals surface area contributed by atoms with Crippen LogP contribution in [0.25, 0.3) is 0 Å². The molecule has 17 heavy (non-hydrogen) atoms. The van der Waals surface area contributed by atoms with E-state index in [1.165, 1.54) is 0 Å². The van der Waals surface area contributed by atoms with Crippen LogP contribution in [0.3, 0.4) is 0 Å². The molecule has 1 atom stereocenters. The van der Waals surface area contributed by atoms with Crippen LogP contribution in [0.4, 0.5) is 0 Å². The van der Waals surface area contributed by atoms with Crippen LogP contribution in [0.2, 0.25) is 0 Å². The summed E-state index contributed by atoms with van der Waals surface area (Å²) in [4.78, 5) is 0. The normalized spacial score (nSPS) is 34.1. The second-order valence-corrected chi connectivity index (χ2v) is 8.76. The zero-order chi connectivity index (χ0) is 12.7. The zero-order valence-electron chi connectivity index (χ0n) is 10.7. The van der Waals surface area contributed by atoms with Gasteiger partial charge in [-0.2, -0.15) is 5.26 Å². The Morgan fingerprint density at radius 2 is 1.76 bits per heavy atom. The number of hydrogen-bond donors (Lipinski definition) is 0. The highest BCUT2D eigenvalue weighted by molar-refractivity contribution is 7.91. The first-order valence-electron chi connectivity index (χ1n) is 6.40. The Balaban J connectivity index is 2.16. The van der Waals surface area contributed by atoms with Crippen LogP contribution < -0.4 is 0 Å². The fourth-order valence-electron chi connectivity index (χ4n) is 3.22. The highest BCUT2D eigenvalue weighted by Crippen LogP contribution is 2.51. The summed E-state index contributed by atoms with van der Waals surface area (Å²) in [7, 11) is -2.87. The van der Waals surface area contributed by atoms with Gasteiger partial charge in [-0.3, -0.25) is 0 Å². The summed E-state index contributed by atoms with van der Waals surface area (Å²) in [6.07, 6.45) is 4.51. The van der Waals surface area contributed by atoms with Gasteiger partial charge in [0.05, 0.1) is 23.0 Å². The van der Waals surface area contributed by atoms with E-state index in [1.54, 1.807) is 0 Å². The van der Waals surface area contributed by atoms with Crippen molar-refractivity contribution in [1.29, 1.82) is 5.26 Å². The van der Waals surface area contributed by atoms with Crippen LogP contribution >= 0.6 is 0 Å². The maximum Gasteiger partial charge on any atom is 0.150 e. The molecule has 1 saturated carbocycles. The first-order valence-corrected chi connectivity index (χ1v) is 8.23. The van der Waals surface area contributed by atoms with Crippen LogP contribution in [0, 0.1) is 28.1 Å². The highest BCUT2D eigenvalue weighted by Gasteiger charge is 2.48. The van der Waals surface area contributed by atoms with Crippen molar-refractivity contribution in [1.82, 2.24) is 0 Å². The average molecular weight is 255 g/mol. The third kappa shape index (κ3) is 2.49. The van der Waals surface area contributed by atoms with Crippen molar-refractivity contribution in [2.45, 2.75) is 46.0 Å². The molecule has 2 aliphatic rings. The van der Waals surface area contributed by atoms with E-state index in [0.717, 1.165) is 25.7 Å². The fourth-order valence-corrected chi connectivity index (χ4v) is 5.12. The molecule has 96 valence electrons. The van der Waals surface area contributed by atoms with E-state index in [4.69, 9.17) is 0 Å². The van der Waals surface area contributed by atoms with Crippen LogP contribution in [0.1, 0.15) is 46.0 Å². The predicted octanol–water partition coefficient (Wildman–Crippen LogP) is 2.53. The zero-order valence-corrected chi connectivity index (χ0v) is 11.5. The Kier molecular flexibility index (Phi) is 3.02. The number of nitriles is 1. The molecule has 0 amide bonds. The van der Waals surface area contributed by atoms with E-state index >= 15 is 0 Å². The largest absolute Gasteiger partial charge is 0.229 e. The molecule has 0 aromatic carbocycles. The summed E-state index contributed by atoms with van der Waals surface area (Å²) in [5.74, 6) is 0.597. The minimum atomic E-state index is -2.87. The average Bonchev–Trinajstić information content (AvgIpc) is 2.60. The molecule has 0 spiro atoms. The molecule has 1 unspecified atom stereocenters. The van der Waals surface area contributed by atoms with E-state index in [0.29, 0.717) is 11.8 Å². The maximum absolute atomic E-state index is 11.6. The SMILES string of the molecule is CC1(C)CCC(C#N)(C2CCS(=O)(=O)C2)CC1. The van der Waals surface area contributed by atoms with Crippen molar-refractivity contribution >= 4 is 9.84 Å². The Bertz CT molecular complexity index is 435. The Labute approximate surface area is 104 Å². The van der Waals surface area contributed by atoms with Crippen molar-refractivity contribution in [2.24, 2.45) is 16.7 Å². The molecule has 1 aliphatic carbocycles. The molecule has 0 N–H and O–H groups in total. The number of sulfone groups is 1. The minimum Gasteiger partial charge on any atom is -0.229 e. The first kappa shape index (κ1) is 12.9.